The van der Waals surface area contributed by atoms with Crippen LogP contribution in [0.2, 0.25) is 0 Å². The molecule has 0 radical (unpaired) electrons. The van der Waals surface area contributed by atoms with Crippen LogP contribution >= 0.6 is 0 Å². The zero-order chi connectivity index (χ0) is 14.3. The smallest absolute Gasteiger partial charge is 0.0929 e. The highest BCUT2D eigenvalue weighted by Gasteiger charge is 2.48. The maximum absolute atomic E-state index is 11.5. The highest BCUT2D eigenvalue weighted by atomic mass is 16.5. The summed E-state index contributed by atoms with van der Waals surface area (Å²) in [5.74, 6) is 0.366. The van der Waals surface area contributed by atoms with Crippen LogP contribution in [0.15, 0.2) is 24.3 Å². The maximum Gasteiger partial charge on any atom is 0.0929 e. The number of ether oxygens (including phenoxy) is 1. The minimum atomic E-state index is -0.617. The highest BCUT2D eigenvalue weighted by molar-refractivity contribution is 5.35. The molecule has 1 aliphatic heterocycles. The molecule has 2 atom stereocenters. The van der Waals surface area contributed by atoms with Crippen LogP contribution in [0, 0.1) is 5.92 Å². The molecule has 2 nitrogen and oxygen atoms in total. The van der Waals surface area contributed by atoms with Crippen molar-refractivity contribution in [3.63, 3.8) is 0 Å². The Balaban J connectivity index is 1.66. The Bertz CT molecular complexity index is 518. The van der Waals surface area contributed by atoms with Crippen molar-refractivity contribution in [2.75, 3.05) is 6.61 Å². The second-order valence-corrected chi connectivity index (χ2v) is 7.36. The summed E-state index contributed by atoms with van der Waals surface area (Å²) in [6, 6.07) is 8.54. The highest BCUT2D eigenvalue weighted by Crippen LogP contribution is 2.50. The standard InChI is InChI=1S/C19H26O2/c20-19(12-5-7-15-6-1-2-8-17(15)19)16-9-13-21-18(14-16)10-3-4-11-18/h1-2,6,8,16,20H,3-5,7,9-14H2. The van der Waals surface area contributed by atoms with Gasteiger partial charge in [0.05, 0.1) is 11.2 Å². The molecular weight excluding hydrogens is 260 g/mol. The van der Waals surface area contributed by atoms with Crippen molar-refractivity contribution in [3.8, 4) is 0 Å². The molecule has 114 valence electrons. The minimum absolute atomic E-state index is 0.0883. The number of rotatable bonds is 1. The first-order chi connectivity index (χ1) is 10.2. The first kappa shape index (κ1) is 13.8. The molecule has 1 N–H and O–H groups in total. The number of hydrogen-bond acceptors (Lipinski definition) is 2. The third-order valence-corrected chi connectivity index (χ3v) is 6.17. The van der Waals surface area contributed by atoms with E-state index < -0.39 is 5.60 Å². The molecule has 4 rings (SSSR count). The van der Waals surface area contributed by atoms with Crippen LogP contribution in [-0.4, -0.2) is 17.3 Å². The zero-order valence-electron chi connectivity index (χ0n) is 12.8. The van der Waals surface area contributed by atoms with Crippen LogP contribution in [-0.2, 0) is 16.8 Å². The summed E-state index contributed by atoms with van der Waals surface area (Å²) in [7, 11) is 0. The molecule has 0 amide bonds. The van der Waals surface area contributed by atoms with E-state index in [4.69, 9.17) is 4.74 Å². The van der Waals surface area contributed by atoms with Crippen LogP contribution in [0.4, 0.5) is 0 Å². The summed E-state index contributed by atoms with van der Waals surface area (Å²) in [5.41, 5.74) is 2.04. The van der Waals surface area contributed by atoms with E-state index in [1.807, 2.05) is 0 Å². The summed E-state index contributed by atoms with van der Waals surface area (Å²) in [6.07, 6.45) is 10.2. The van der Waals surface area contributed by atoms with Crippen molar-refractivity contribution in [2.24, 2.45) is 5.92 Å². The van der Waals surface area contributed by atoms with Gasteiger partial charge in [-0.3, -0.25) is 0 Å². The van der Waals surface area contributed by atoms with Gasteiger partial charge in [-0.1, -0.05) is 37.1 Å². The van der Waals surface area contributed by atoms with Gasteiger partial charge in [0.2, 0.25) is 0 Å². The Morgan fingerprint density at radius 3 is 2.71 bits per heavy atom. The fourth-order valence-electron chi connectivity index (χ4n) is 5.07. The van der Waals surface area contributed by atoms with Crippen LogP contribution in [0.3, 0.4) is 0 Å². The third-order valence-electron chi connectivity index (χ3n) is 6.17. The molecule has 1 saturated carbocycles. The molecule has 1 heterocycles. The molecule has 2 heteroatoms. The number of aliphatic hydroxyl groups is 1. The largest absolute Gasteiger partial charge is 0.385 e. The van der Waals surface area contributed by atoms with Gasteiger partial charge in [-0.05, 0) is 62.0 Å². The molecule has 2 fully saturated rings. The van der Waals surface area contributed by atoms with Crippen molar-refractivity contribution in [1.29, 1.82) is 0 Å². The molecule has 2 unspecified atom stereocenters. The van der Waals surface area contributed by atoms with Crippen molar-refractivity contribution < 1.29 is 9.84 Å². The summed E-state index contributed by atoms with van der Waals surface area (Å²) < 4.78 is 6.17. The van der Waals surface area contributed by atoms with E-state index in [1.165, 1.54) is 36.8 Å². The van der Waals surface area contributed by atoms with E-state index in [2.05, 4.69) is 24.3 Å². The zero-order valence-corrected chi connectivity index (χ0v) is 12.8. The summed E-state index contributed by atoms with van der Waals surface area (Å²) in [5, 5.41) is 11.5. The summed E-state index contributed by atoms with van der Waals surface area (Å²) in [6.45, 7) is 0.829. The Kier molecular flexibility index (Phi) is 3.35. The first-order valence-electron chi connectivity index (χ1n) is 8.67. The predicted octanol–water partition coefficient (Wildman–Crippen LogP) is 3.95. The molecule has 1 aromatic rings. The average Bonchev–Trinajstić information content (AvgIpc) is 2.96. The molecule has 1 spiro atoms. The topological polar surface area (TPSA) is 29.5 Å². The molecular formula is C19H26O2. The fourth-order valence-corrected chi connectivity index (χ4v) is 5.07. The molecule has 21 heavy (non-hydrogen) atoms. The summed E-state index contributed by atoms with van der Waals surface area (Å²) >= 11 is 0. The van der Waals surface area contributed by atoms with Crippen molar-refractivity contribution in [1.82, 2.24) is 0 Å². The fraction of sp³-hybridized carbons (Fsp3) is 0.684. The van der Waals surface area contributed by atoms with E-state index in [9.17, 15) is 5.11 Å². The van der Waals surface area contributed by atoms with Crippen molar-refractivity contribution >= 4 is 0 Å². The van der Waals surface area contributed by atoms with Gasteiger partial charge in [0.25, 0.3) is 0 Å². The molecule has 2 aliphatic carbocycles. The van der Waals surface area contributed by atoms with E-state index in [0.29, 0.717) is 5.92 Å². The van der Waals surface area contributed by atoms with Gasteiger partial charge in [-0.25, -0.2) is 0 Å². The third kappa shape index (κ3) is 2.24. The van der Waals surface area contributed by atoms with E-state index in [1.54, 1.807) is 0 Å². The molecule has 1 saturated heterocycles. The monoisotopic (exact) mass is 286 g/mol. The average molecular weight is 286 g/mol. The van der Waals surface area contributed by atoms with Crippen molar-refractivity contribution in [3.05, 3.63) is 35.4 Å². The SMILES string of the molecule is OC1(C2CCOC3(CCCC3)C2)CCCc2ccccc21. The van der Waals surface area contributed by atoms with Crippen molar-refractivity contribution in [2.45, 2.75) is 69.0 Å². The number of fused-ring (bicyclic) bond motifs is 1. The Labute approximate surface area is 127 Å². The van der Waals surface area contributed by atoms with Gasteiger partial charge in [-0.2, -0.15) is 0 Å². The van der Waals surface area contributed by atoms with E-state index in [-0.39, 0.29) is 5.60 Å². The summed E-state index contributed by atoms with van der Waals surface area (Å²) in [4.78, 5) is 0. The second-order valence-electron chi connectivity index (χ2n) is 7.36. The lowest BCUT2D eigenvalue weighted by Crippen LogP contribution is -2.47. The molecule has 0 bridgehead atoms. The van der Waals surface area contributed by atoms with Crippen LogP contribution in [0.1, 0.15) is 62.5 Å². The number of hydrogen-bond donors (Lipinski definition) is 1. The van der Waals surface area contributed by atoms with Crippen LogP contribution < -0.4 is 0 Å². The second kappa shape index (κ2) is 5.10. The van der Waals surface area contributed by atoms with Gasteiger partial charge >= 0.3 is 0 Å². The van der Waals surface area contributed by atoms with E-state index in [0.717, 1.165) is 38.7 Å². The lowest BCUT2D eigenvalue weighted by Gasteiger charge is -2.47. The van der Waals surface area contributed by atoms with Gasteiger partial charge in [0.1, 0.15) is 0 Å². The van der Waals surface area contributed by atoms with Crippen LogP contribution in [0.5, 0.6) is 0 Å². The molecule has 1 aromatic carbocycles. The van der Waals surface area contributed by atoms with Gasteiger partial charge in [-0.15, -0.1) is 0 Å². The lowest BCUT2D eigenvalue weighted by molar-refractivity contribution is -0.148. The Morgan fingerprint density at radius 1 is 1.05 bits per heavy atom. The van der Waals surface area contributed by atoms with Gasteiger partial charge < -0.3 is 9.84 Å². The predicted molar refractivity (Wildman–Crippen MR) is 83.2 cm³/mol. The lowest BCUT2D eigenvalue weighted by atomic mass is 9.66. The Morgan fingerprint density at radius 2 is 1.86 bits per heavy atom. The number of aryl methyl sites for hydroxylation is 1. The molecule has 0 aromatic heterocycles. The van der Waals surface area contributed by atoms with Gasteiger partial charge in [0, 0.05) is 6.61 Å². The van der Waals surface area contributed by atoms with Crippen LogP contribution in [0.25, 0.3) is 0 Å². The number of benzene rings is 1. The minimum Gasteiger partial charge on any atom is -0.385 e. The Hall–Kier alpha value is -0.860. The van der Waals surface area contributed by atoms with Gasteiger partial charge in [0.15, 0.2) is 0 Å². The first-order valence-corrected chi connectivity index (χ1v) is 8.67. The van der Waals surface area contributed by atoms with E-state index >= 15 is 0 Å². The maximum atomic E-state index is 11.5. The normalized spacial score (nSPS) is 34.8. The molecule has 3 aliphatic rings. The quantitative estimate of drug-likeness (QED) is 0.847.